The van der Waals surface area contributed by atoms with Crippen molar-refractivity contribution in [1.29, 1.82) is 0 Å². The molecule has 1 aliphatic heterocycles. The van der Waals surface area contributed by atoms with Crippen molar-refractivity contribution < 1.29 is 0 Å². The molecule has 1 saturated carbocycles. The first kappa shape index (κ1) is 13.4. The molecule has 2 rings (SSSR count). The molecule has 100 valence electrons. The zero-order valence-electron chi connectivity index (χ0n) is 12.3. The van der Waals surface area contributed by atoms with Gasteiger partial charge in [-0.3, -0.25) is 0 Å². The molecule has 2 atom stereocenters. The number of hydrogen-bond donors (Lipinski definition) is 1. The molecule has 2 bridgehead atoms. The van der Waals surface area contributed by atoms with Crippen LogP contribution in [0.3, 0.4) is 0 Å². The second-order valence-corrected chi connectivity index (χ2v) is 7.11. The van der Waals surface area contributed by atoms with E-state index in [9.17, 15) is 0 Å². The fraction of sp³-hybridized carbons (Fsp3) is 1.00. The van der Waals surface area contributed by atoms with Crippen LogP contribution in [0.15, 0.2) is 0 Å². The third-order valence-corrected chi connectivity index (χ3v) is 5.82. The summed E-state index contributed by atoms with van der Waals surface area (Å²) >= 11 is 0. The Kier molecular flexibility index (Phi) is 4.18. The van der Waals surface area contributed by atoms with Crippen LogP contribution in [0.25, 0.3) is 0 Å². The minimum atomic E-state index is 0.614. The molecule has 2 aliphatic rings. The number of hydrogen-bond acceptors (Lipinski definition) is 1. The summed E-state index contributed by atoms with van der Waals surface area (Å²) in [6.45, 7) is 12.4. The van der Waals surface area contributed by atoms with Crippen LogP contribution < -0.4 is 5.32 Å². The third kappa shape index (κ3) is 2.41. The van der Waals surface area contributed by atoms with E-state index in [0.29, 0.717) is 5.41 Å². The second kappa shape index (κ2) is 5.30. The molecule has 0 amide bonds. The van der Waals surface area contributed by atoms with Crippen LogP contribution >= 0.6 is 0 Å². The van der Waals surface area contributed by atoms with Gasteiger partial charge in [0, 0.05) is 0 Å². The predicted octanol–water partition coefficient (Wildman–Crippen LogP) is 4.08. The van der Waals surface area contributed by atoms with Gasteiger partial charge >= 0.3 is 0 Å². The zero-order chi connectivity index (χ0) is 12.5. The molecule has 0 spiro atoms. The lowest BCUT2D eigenvalue weighted by Crippen LogP contribution is -2.45. The van der Waals surface area contributed by atoms with Gasteiger partial charge in [0.15, 0.2) is 0 Å². The highest BCUT2D eigenvalue weighted by molar-refractivity contribution is 4.96. The van der Waals surface area contributed by atoms with Crippen LogP contribution in [0, 0.1) is 29.1 Å². The molecule has 1 heterocycles. The van der Waals surface area contributed by atoms with E-state index < -0.39 is 0 Å². The highest BCUT2D eigenvalue weighted by Crippen LogP contribution is 2.53. The van der Waals surface area contributed by atoms with E-state index in [1.807, 2.05) is 0 Å². The van der Waals surface area contributed by atoms with E-state index in [1.165, 1.54) is 45.2 Å². The molecular formula is C16H31N. The molecule has 0 radical (unpaired) electrons. The van der Waals surface area contributed by atoms with Gasteiger partial charge in [0.05, 0.1) is 0 Å². The molecule has 2 fully saturated rings. The van der Waals surface area contributed by atoms with Crippen LogP contribution in [0.4, 0.5) is 0 Å². The summed E-state index contributed by atoms with van der Waals surface area (Å²) in [5.74, 6) is 3.57. The minimum Gasteiger partial charge on any atom is -0.316 e. The van der Waals surface area contributed by atoms with E-state index in [2.05, 4.69) is 33.0 Å². The second-order valence-electron chi connectivity index (χ2n) is 7.11. The van der Waals surface area contributed by atoms with Gasteiger partial charge in [-0.05, 0) is 67.9 Å². The molecule has 0 aromatic carbocycles. The first-order valence-corrected chi connectivity index (χ1v) is 7.78. The van der Waals surface area contributed by atoms with Crippen molar-refractivity contribution in [2.24, 2.45) is 29.1 Å². The third-order valence-electron chi connectivity index (χ3n) is 5.82. The van der Waals surface area contributed by atoms with Crippen molar-refractivity contribution in [3.63, 3.8) is 0 Å². The van der Waals surface area contributed by atoms with Gasteiger partial charge in [0.25, 0.3) is 0 Å². The Morgan fingerprint density at radius 3 is 2.35 bits per heavy atom. The van der Waals surface area contributed by atoms with Gasteiger partial charge < -0.3 is 5.32 Å². The Labute approximate surface area is 108 Å². The van der Waals surface area contributed by atoms with Gasteiger partial charge in [-0.25, -0.2) is 0 Å². The van der Waals surface area contributed by atoms with Crippen molar-refractivity contribution in [2.75, 3.05) is 13.1 Å². The van der Waals surface area contributed by atoms with E-state index >= 15 is 0 Å². The lowest BCUT2D eigenvalue weighted by molar-refractivity contribution is 0.000452. The first-order chi connectivity index (χ1) is 8.07. The number of nitrogens with one attached hydrogen (secondary N) is 1. The molecule has 17 heavy (non-hydrogen) atoms. The average Bonchev–Trinajstić information content (AvgIpc) is 2.32. The maximum absolute atomic E-state index is 3.67. The SMILES string of the molecule is CC(C)C1(C(C)C)CC2CCCC1CCNC2. The number of fused-ring (bicyclic) bond motifs is 3. The molecular weight excluding hydrogens is 206 g/mol. The fourth-order valence-corrected chi connectivity index (χ4v) is 4.94. The lowest BCUT2D eigenvalue weighted by atomic mass is 9.56. The summed E-state index contributed by atoms with van der Waals surface area (Å²) in [6.07, 6.45) is 7.29. The Balaban J connectivity index is 2.33. The Morgan fingerprint density at radius 2 is 1.71 bits per heavy atom. The Bertz CT molecular complexity index is 232. The molecule has 0 aromatic heterocycles. The smallest absolute Gasteiger partial charge is 0.00203 e. The monoisotopic (exact) mass is 237 g/mol. The minimum absolute atomic E-state index is 0.614. The van der Waals surface area contributed by atoms with Crippen molar-refractivity contribution >= 4 is 0 Å². The fourth-order valence-electron chi connectivity index (χ4n) is 4.94. The zero-order valence-corrected chi connectivity index (χ0v) is 12.3. The summed E-state index contributed by atoms with van der Waals surface area (Å²) in [7, 11) is 0. The van der Waals surface area contributed by atoms with Crippen LogP contribution in [0.5, 0.6) is 0 Å². The molecule has 1 saturated heterocycles. The molecule has 1 nitrogen and oxygen atoms in total. The molecule has 2 unspecified atom stereocenters. The lowest BCUT2D eigenvalue weighted by Gasteiger charge is -2.49. The maximum atomic E-state index is 3.67. The van der Waals surface area contributed by atoms with Crippen LogP contribution in [-0.2, 0) is 0 Å². The number of rotatable bonds is 2. The topological polar surface area (TPSA) is 12.0 Å². The van der Waals surface area contributed by atoms with E-state index in [0.717, 1.165) is 23.7 Å². The summed E-state index contributed by atoms with van der Waals surface area (Å²) in [4.78, 5) is 0. The average molecular weight is 237 g/mol. The molecule has 1 heteroatoms. The molecule has 1 N–H and O–H groups in total. The van der Waals surface area contributed by atoms with Gasteiger partial charge in [-0.1, -0.05) is 34.1 Å². The van der Waals surface area contributed by atoms with E-state index in [1.54, 1.807) is 0 Å². The van der Waals surface area contributed by atoms with Crippen molar-refractivity contribution in [1.82, 2.24) is 5.32 Å². The van der Waals surface area contributed by atoms with Crippen molar-refractivity contribution in [3.8, 4) is 0 Å². The maximum Gasteiger partial charge on any atom is -0.00203 e. The van der Waals surface area contributed by atoms with Gasteiger partial charge in [-0.2, -0.15) is 0 Å². The Hall–Kier alpha value is -0.0400. The van der Waals surface area contributed by atoms with Crippen LogP contribution in [-0.4, -0.2) is 13.1 Å². The first-order valence-electron chi connectivity index (χ1n) is 7.78. The van der Waals surface area contributed by atoms with Gasteiger partial charge in [0.1, 0.15) is 0 Å². The largest absolute Gasteiger partial charge is 0.316 e. The van der Waals surface area contributed by atoms with Crippen molar-refractivity contribution in [2.45, 2.75) is 59.8 Å². The van der Waals surface area contributed by atoms with E-state index in [-0.39, 0.29) is 0 Å². The summed E-state index contributed by atoms with van der Waals surface area (Å²) in [5, 5.41) is 3.67. The Morgan fingerprint density at radius 1 is 1.00 bits per heavy atom. The van der Waals surface area contributed by atoms with E-state index in [4.69, 9.17) is 0 Å². The van der Waals surface area contributed by atoms with Crippen LogP contribution in [0.2, 0.25) is 0 Å². The van der Waals surface area contributed by atoms with Gasteiger partial charge in [-0.15, -0.1) is 0 Å². The van der Waals surface area contributed by atoms with Crippen molar-refractivity contribution in [3.05, 3.63) is 0 Å². The summed E-state index contributed by atoms with van der Waals surface area (Å²) < 4.78 is 0. The standard InChI is InChI=1S/C16H31N/c1-12(2)16(13(3)4)10-14-6-5-7-15(16)8-9-17-11-14/h12-15,17H,5-11H2,1-4H3. The predicted molar refractivity (Wildman–Crippen MR) is 75.0 cm³/mol. The highest BCUT2D eigenvalue weighted by Gasteiger charge is 2.46. The summed E-state index contributed by atoms with van der Waals surface area (Å²) in [5.41, 5.74) is 0.614. The summed E-state index contributed by atoms with van der Waals surface area (Å²) in [6, 6.07) is 0. The molecule has 1 aliphatic carbocycles. The quantitative estimate of drug-likeness (QED) is 0.763. The van der Waals surface area contributed by atoms with Gasteiger partial charge in [0.2, 0.25) is 0 Å². The molecule has 0 aromatic rings. The highest BCUT2D eigenvalue weighted by atomic mass is 14.9. The van der Waals surface area contributed by atoms with Crippen LogP contribution in [0.1, 0.15) is 59.8 Å². The normalized spacial score (nSPS) is 33.5.